The Morgan fingerprint density at radius 2 is 2.00 bits per heavy atom. The largest absolute Gasteiger partial charge is 0.394 e. The monoisotopic (exact) mass is 134 g/mol. The summed E-state index contributed by atoms with van der Waals surface area (Å²) in [6, 6.07) is 0. The number of hydrazine groups is 1. The van der Waals surface area contributed by atoms with Gasteiger partial charge in [0, 0.05) is 7.05 Å². The second-order valence-corrected chi connectivity index (χ2v) is 2.63. The third kappa shape index (κ3) is 2.28. The maximum absolute atomic E-state index is 8.70. The quantitative estimate of drug-likeness (QED) is 0.459. The van der Waals surface area contributed by atoms with Gasteiger partial charge in [0.25, 0.3) is 0 Å². The van der Waals surface area contributed by atoms with E-state index in [1.165, 1.54) is 5.01 Å². The van der Waals surface area contributed by atoms with Crippen LogP contribution in [0.25, 0.3) is 0 Å². The Morgan fingerprint density at radius 1 is 1.56 bits per heavy atom. The highest BCUT2D eigenvalue weighted by Gasteiger charge is 2.21. The second-order valence-electron chi connectivity index (χ2n) is 2.63. The smallest absolute Gasteiger partial charge is 0.0624 e. The molecule has 0 spiro atoms. The Labute approximate surface area is 55.0 Å². The number of aliphatic hydroxyl groups excluding tert-OH is 1. The van der Waals surface area contributed by atoms with Crippen molar-refractivity contribution in [1.82, 2.24) is 10.6 Å². The summed E-state index contributed by atoms with van der Waals surface area (Å²) >= 11 is 0. The van der Waals surface area contributed by atoms with Crippen molar-refractivity contribution < 1.29 is 10.3 Å². The molecule has 0 heterocycles. The molecule has 0 amide bonds. The highest BCUT2D eigenvalue weighted by Crippen LogP contribution is 2.06. The lowest BCUT2D eigenvalue weighted by Crippen LogP contribution is -2.50. The molecule has 0 aliphatic heterocycles. The van der Waals surface area contributed by atoms with Gasteiger partial charge < -0.3 is 10.3 Å². The van der Waals surface area contributed by atoms with Crippen molar-refractivity contribution in [3.8, 4) is 0 Å². The number of nitrogens with one attached hydrogen (secondary N) is 1. The summed E-state index contributed by atoms with van der Waals surface area (Å²) in [7, 11) is 1.65. The lowest BCUT2D eigenvalue weighted by Gasteiger charge is -2.31. The van der Waals surface area contributed by atoms with Crippen molar-refractivity contribution in [2.45, 2.75) is 19.4 Å². The molecule has 56 valence electrons. The van der Waals surface area contributed by atoms with Crippen LogP contribution < -0.4 is 5.59 Å². The molecule has 0 atom stereocenters. The molecule has 3 N–H and O–H groups in total. The molecule has 0 fully saturated rings. The topological polar surface area (TPSA) is 55.7 Å². The Balaban J connectivity index is 3.80. The van der Waals surface area contributed by atoms with E-state index in [1.54, 1.807) is 20.9 Å². The normalized spacial score (nSPS) is 12.7. The molecule has 0 aromatic heterocycles. The molecule has 4 nitrogen and oxygen atoms in total. The summed E-state index contributed by atoms with van der Waals surface area (Å²) < 4.78 is 0. The zero-order valence-electron chi connectivity index (χ0n) is 6.05. The fourth-order valence-electron chi connectivity index (χ4n) is 0.241. The number of likely N-dealkylation sites (N-methyl/N-ethyl adjacent to an activating group) is 1. The Kier molecular flexibility index (Phi) is 3.07. The molecule has 0 saturated heterocycles. The maximum Gasteiger partial charge on any atom is 0.0624 e. The highest BCUT2D eigenvalue weighted by molar-refractivity contribution is 4.73. The zero-order chi connectivity index (χ0) is 7.49. The summed E-state index contributed by atoms with van der Waals surface area (Å²) in [6.07, 6.45) is 0. The van der Waals surface area contributed by atoms with E-state index in [4.69, 9.17) is 10.3 Å². The van der Waals surface area contributed by atoms with Crippen molar-refractivity contribution in [3.05, 3.63) is 0 Å². The fraction of sp³-hybridized carbons (Fsp3) is 1.00. The van der Waals surface area contributed by atoms with Crippen LogP contribution >= 0.6 is 0 Å². The van der Waals surface area contributed by atoms with Crippen LogP contribution in [0.15, 0.2) is 0 Å². The first kappa shape index (κ1) is 8.84. The van der Waals surface area contributed by atoms with Crippen molar-refractivity contribution in [3.63, 3.8) is 0 Å². The van der Waals surface area contributed by atoms with Gasteiger partial charge in [-0.3, -0.25) is 0 Å². The molecule has 0 aromatic carbocycles. The summed E-state index contributed by atoms with van der Waals surface area (Å²) in [6.45, 7) is 3.60. The number of hydrogen-bond acceptors (Lipinski definition) is 4. The van der Waals surface area contributed by atoms with E-state index in [9.17, 15) is 0 Å². The summed E-state index contributed by atoms with van der Waals surface area (Å²) in [5, 5.41) is 18.5. The number of nitrogens with zero attached hydrogens (tertiary/aromatic N) is 1. The van der Waals surface area contributed by atoms with Crippen LogP contribution in [0.4, 0.5) is 0 Å². The van der Waals surface area contributed by atoms with Gasteiger partial charge in [-0.2, -0.15) is 0 Å². The third-order valence-electron chi connectivity index (χ3n) is 1.44. The van der Waals surface area contributed by atoms with Gasteiger partial charge in [-0.25, -0.2) is 5.01 Å². The Hall–Kier alpha value is -0.160. The average molecular weight is 134 g/mol. The minimum Gasteiger partial charge on any atom is -0.394 e. The van der Waals surface area contributed by atoms with E-state index in [0.717, 1.165) is 0 Å². The Bertz CT molecular complexity index is 85.0. The van der Waals surface area contributed by atoms with Gasteiger partial charge >= 0.3 is 0 Å². The standard InChI is InChI=1S/C5H14N2O2/c1-5(2,4-8)7(3)6-9/h6,8-9H,4H2,1-3H3. The molecule has 4 heteroatoms. The van der Waals surface area contributed by atoms with Crippen LogP contribution in [0.5, 0.6) is 0 Å². The Morgan fingerprint density at radius 3 is 2.11 bits per heavy atom. The molecule has 9 heavy (non-hydrogen) atoms. The van der Waals surface area contributed by atoms with Crippen LogP contribution in [-0.4, -0.2) is 34.5 Å². The van der Waals surface area contributed by atoms with Crippen LogP contribution in [-0.2, 0) is 0 Å². The lowest BCUT2D eigenvalue weighted by atomic mass is 10.1. The molecule has 0 aromatic rings. The van der Waals surface area contributed by atoms with E-state index in [2.05, 4.69) is 0 Å². The molecular weight excluding hydrogens is 120 g/mol. The average Bonchev–Trinajstić information content (AvgIpc) is 1.86. The highest BCUT2D eigenvalue weighted by atomic mass is 16.5. The first-order chi connectivity index (χ1) is 4.04. The van der Waals surface area contributed by atoms with Gasteiger partial charge in [-0.1, -0.05) is 0 Å². The van der Waals surface area contributed by atoms with Crippen LogP contribution in [0.2, 0.25) is 0 Å². The SMILES string of the molecule is CN(NO)C(C)(C)CO. The fourth-order valence-corrected chi connectivity index (χ4v) is 0.241. The van der Waals surface area contributed by atoms with Crippen LogP contribution in [0.3, 0.4) is 0 Å². The predicted octanol–water partition coefficient (Wildman–Crippen LogP) is -0.417. The van der Waals surface area contributed by atoms with Crippen molar-refractivity contribution >= 4 is 0 Å². The molecule has 0 aliphatic carbocycles. The molecule has 0 aliphatic rings. The first-order valence-corrected chi connectivity index (χ1v) is 2.79. The van der Waals surface area contributed by atoms with E-state index in [-0.39, 0.29) is 6.61 Å². The first-order valence-electron chi connectivity index (χ1n) is 2.79. The van der Waals surface area contributed by atoms with Crippen molar-refractivity contribution in [2.75, 3.05) is 13.7 Å². The number of rotatable bonds is 3. The summed E-state index contributed by atoms with van der Waals surface area (Å²) in [5.74, 6) is 0. The van der Waals surface area contributed by atoms with Crippen molar-refractivity contribution in [2.24, 2.45) is 0 Å². The number of aliphatic hydroxyl groups is 1. The molecule has 0 saturated carbocycles. The van der Waals surface area contributed by atoms with Crippen LogP contribution in [0.1, 0.15) is 13.8 Å². The molecule has 0 unspecified atom stereocenters. The molecule has 0 radical (unpaired) electrons. The summed E-state index contributed by atoms with van der Waals surface area (Å²) in [5.41, 5.74) is 1.51. The number of hydrogen-bond donors (Lipinski definition) is 3. The van der Waals surface area contributed by atoms with E-state index >= 15 is 0 Å². The third-order valence-corrected chi connectivity index (χ3v) is 1.44. The minimum atomic E-state index is -0.422. The van der Waals surface area contributed by atoms with E-state index in [0.29, 0.717) is 0 Å². The molecular formula is C5H14N2O2. The lowest BCUT2D eigenvalue weighted by molar-refractivity contribution is -0.0770. The zero-order valence-corrected chi connectivity index (χ0v) is 6.05. The van der Waals surface area contributed by atoms with Crippen LogP contribution in [0, 0.1) is 0 Å². The van der Waals surface area contributed by atoms with E-state index < -0.39 is 5.54 Å². The van der Waals surface area contributed by atoms with Gasteiger partial charge in [0.15, 0.2) is 0 Å². The maximum atomic E-state index is 8.70. The van der Waals surface area contributed by atoms with Crippen molar-refractivity contribution in [1.29, 1.82) is 0 Å². The van der Waals surface area contributed by atoms with Gasteiger partial charge in [0.1, 0.15) is 0 Å². The second kappa shape index (κ2) is 3.12. The van der Waals surface area contributed by atoms with Gasteiger partial charge in [-0.05, 0) is 13.8 Å². The molecule has 0 bridgehead atoms. The molecule has 0 rings (SSSR count). The van der Waals surface area contributed by atoms with E-state index in [1.807, 2.05) is 5.59 Å². The predicted molar refractivity (Wildman–Crippen MR) is 33.8 cm³/mol. The van der Waals surface area contributed by atoms with Gasteiger partial charge in [0.05, 0.1) is 12.1 Å². The van der Waals surface area contributed by atoms with Gasteiger partial charge in [0.2, 0.25) is 0 Å². The minimum absolute atomic E-state index is 0.00292. The summed E-state index contributed by atoms with van der Waals surface area (Å²) in [4.78, 5) is 0. The van der Waals surface area contributed by atoms with Gasteiger partial charge in [-0.15, -0.1) is 5.59 Å².